The van der Waals surface area contributed by atoms with Gasteiger partial charge in [0.1, 0.15) is 11.6 Å². The molecule has 110 valence electrons. The van der Waals surface area contributed by atoms with Crippen LogP contribution in [-0.4, -0.2) is 40.9 Å². The average Bonchev–Trinajstić information content (AvgIpc) is 2.50. The van der Waals surface area contributed by atoms with Crippen molar-refractivity contribution < 1.29 is 23.1 Å². The van der Waals surface area contributed by atoms with Gasteiger partial charge in [-0.25, -0.2) is 13.6 Å². The van der Waals surface area contributed by atoms with Crippen LogP contribution in [0.15, 0.2) is 0 Å². The molecule has 0 aliphatic carbocycles. The Labute approximate surface area is 112 Å². The van der Waals surface area contributed by atoms with Gasteiger partial charge in [-0.3, -0.25) is 9.69 Å². The second kappa shape index (κ2) is 5.06. The molecule has 4 nitrogen and oxygen atoms in total. The van der Waals surface area contributed by atoms with Gasteiger partial charge < -0.3 is 4.74 Å². The Morgan fingerprint density at radius 1 is 1.32 bits per heavy atom. The Kier molecular flexibility index (Phi) is 4.22. The predicted octanol–water partition coefficient (Wildman–Crippen LogP) is 2.86. The molecular weight excluding hydrogens is 256 g/mol. The number of halogens is 2. The van der Waals surface area contributed by atoms with Crippen LogP contribution in [0, 0.1) is 5.92 Å². The van der Waals surface area contributed by atoms with Crippen LogP contribution in [-0.2, 0) is 9.53 Å². The van der Waals surface area contributed by atoms with Crippen LogP contribution in [0.1, 0.15) is 41.0 Å². The van der Waals surface area contributed by atoms with Crippen molar-refractivity contribution in [3.63, 3.8) is 0 Å². The number of alkyl halides is 2. The summed E-state index contributed by atoms with van der Waals surface area (Å²) in [5.41, 5.74) is -0.777. The quantitative estimate of drug-likeness (QED) is 0.779. The second-order valence-electron chi connectivity index (χ2n) is 6.24. The van der Waals surface area contributed by atoms with E-state index in [0.29, 0.717) is 0 Å². The Morgan fingerprint density at radius 3 is 2.26 bits per heavy atom. The van der Waals surface area contributed by atoms with Gasteiger partial charge in [-0.05, 0) is 20.8 Å². The molecule has 0 radical (unpaired) electrons. The maximum Gasteiger partial charge on any atom is 0.411 e. The average molecular weight is 277 g/mol. The number of rotatable bonds is 2. The monoisotopic (exact) mass is 277 g/mol. The molecule has 0 N–H and O–H groups in total. The Balaban J connectivity index is 2.90. The summed E-state index contributed by atoms with van der Waals surface area (Å²) in [7, 11) is 0. The number of hydrogen-bond acceptors (Lipinski definition) is 3. The summed E-state index contributed by atoms with van der Waals surface area (Å²) in [6.45, 7) is 7.46. The third-order valence-corrected chi connectivity index (χ3v) is 2.80. The van der Waals surface area contributed by atoms with Crippen molar-refractivity contribution in [2.24, 2.45) is 5.92 Å². The summed E-state index contributed by atoms with van der Waals surface area (Å²) in [6, 6.07) is -1.09. The zero-order valence-electron chi connectivity index (χ0n) is 12.0. The number of ketones is 1. The first kappa shape index (κ1) is 15.9. The first-order valence-corrected chi connectivity index (χ1v) is 6.34. The number of carbonyl (C=O) groups excluding carboxylic acids is 2. The van der Waals surface area contributed by atoms with Crippen molar-refractivity contribution in [1.29, 1.82) is 0 Å². The first-order valence-electron chi connectivity index (χ1n) is 6.34. The molecule has 1 rings (SSSR count). The molecule has 1 saturated heterocycles. The van der Waals surface area contributed by atoms with E-state index in [1.807, 2.05) is 0 Å². The van der Waals surface area contributed by atoms with Crippen molar-refractivity contribution in [2.75, 3.05) is 6.54 Å². The minimum atomic E-state index is -3.04. The molecule has 1 aliphatic heterocycles. The molecule has 1 amide bonds. The van der Waals surface area contributed by atoms with Crippen LogP contribution < -0.4 is 0 Å². The van der Waals surface area contributed by atoms with E-state index < -0.39 is 42.5 Å². The lowest BCUT2D eigenvalue weighted by atomic mass is 9.99. The predicted molar refractivity (Wildman–Crippen MR) is 66.1 cm³/mol. The zero-order valence-corrected chi connectivity index (χ0v) is 12.0. The highest BCUT2D eigenvalue weighted by molar-refractivity contribution is 5.89. The van der Waals surface area contributed by atoms with E-state index in [1.165, 1.54) is 0 Å². The summed E-state index contributed by atoms with van der Waals surface area (Å²) in [5.74, 6) is -3.79. The fraction of sp³-hybridized carbons (Fsp3) is 0.846. The number of Topliss-reactive ketones (excluding diaryl/α,β-unsaturated/α-hetero) is 1. The van der Waals surface area contributed by atoms with E-state index in [2.05, 4.69) is 0 Å². The molecule has 0 bridgehead atoms. The second-order valence-corrected chi connectivity index (χ2v) is 6.24. The first-order chi connectivity index (χ1) is 8.43. The molecule has 1 fully saturated rings. The van der Waals surface area contributed by atoms with Gasteiger partial charge in [0, 0.05) is 12.3 Å². The standard InChI is InChI=1S/C13H21F2NO3/c1-8(2)10(17)9-6-13(14,15)7-16(9)11(18)19-12(3,4)5/h8-9H,6-7H2,1-5H3/t9-/m0/s1. The van der Waals surface area contributed by atoms with Gasteiger partial charge in [-0.1, -0.05) is 13.8 Å². The Hall–Kier alpha value is -1.20. The smallest absolute Gasteiger partial charge is 0.411 e. The summed E-state index contributed by atoms with van der Waals surface area (Å²) >= 11 is 0. The van der Waals surface area contributed by atoms with Crippen LogP contribution in [0.25, 0.3) is 0 Å². The maximum atomic E-state index is 13.5. The molecule has 1 aliphatic rings. The fourth-order valence-electron chi connectivity index (χ4n) is 1.97. The van der Waals surface area contributed by atoms with Gasteiger partial charge in [0.2, 0.25) is 0 Å². The highest BCUT2D eigenvalue weighted by Crippen LogP contribution is 2.34. The van der Waals surface area contributed by atoms with Gasteiger partial charge in [0.25, 0.3) is 5.92 Å². The highest BCUT2D eigenvalue weighted by atomic mass is 19.3. The largest absolute Gasteiger partial charge is 0.444 e. The van der Waals surface area contributed by atoms with Crippen molar-refractivity contribution in [1.82, 2.24) is 4.90 Å². The number of carbonyl (C=O) groups is 2. The van der Waals surface area contributed by atoms with Gasteiger partial charge in [-0.2, -0.15) is 0 Å². The number of likely N-dealkylation sites (tertiary alicyclic amines) is 1. The van der Waals surface area contributed by atoms with E-state index >= 15 is 0 Å². The third-order valence-electron chi connectivity index (χ3n) is 2.80. The van der Waals surface area contributed by atoms with Gasteiger partial charge in [0.05, 0.1) is 6.54 Å². The summed E-state index contributed by atoms with van der Waals surface area (Å²) < 4.78 is 32.0. The number of ether oxygens (including phenoxy) is 1. The zero-order chi connectivity index (χ0) is 15.0. The van der Waals surface area contributed by atoms with Crippen LogP contribution in [0.5, 0.6) is 0 Å². The van der Waals surface area contributed by atoms with Gasteiger partial charge in [0.15, 0.2) is 5.78 Å². The minimum Gasteiger partial charge on any atom is -0.444 e. The summed E-state index contributed by atoms with van der Waals surface area (Å²) in [6.07, 6.45) is -1.48. The molecule has 1 atom stereocenters. The number of nitrogens with zero attached hydrogens (tertiary/aromatic N) is 1. The molecular formula is C13H21F2NO3. The minimum absolute atomic E-state index is 0.358. The summed E-state index contributed by atoms with van der Waals surface area (Å²) in [5, 5.41) is 0. The molecule has 0 aromatic rings. The number of hydrogen-bond donors (Lipinski definition) is 0. The van der Waals surface area contributed by atoms with Crippen LogP contribution in [0.3, 0.4) is 0 Å². The lowest BCUT2D eigenvalue weighted by Gasteiger charge is -2.28. The molecule has 6 heteroatoms. The highest BCUT2D eigenvalue weighted by Gasteiger charge is 2.51. The lowest BCUT2D eigenvalue weighted by molar-refractivity contribution is -0.126. The van der Waals surface area contributed by atoms with Crippen LogP contribution >= 0.6 is 0 Å². The molecule has 0 saturated carbocycles. The number of amides is 1. The van der Waals surface area contributed by atoms with E-state index in [-0.39, 0.29) is 5.78 Å². The van der Waals surface area contributed by atoms with E-state index in [9.17, 15) is 18.4 Å². The van der Waals surface area contributed by atoms with Gasteiger partial charge in [-0.15, -0.1) is 0 Å². The molecule has 19 heavy (non-hydrogen) atoms. The van der Waals surface area contributed by atoms with Crippen molar-refractivity contribution >= 4 is 11.9 Å². The van der Waals surface area contributed by atoms with Crippen LogP contribution in [0.4, 0.5) is 13.6 Å². The third kappa shape index (κ3) is 4.14. The van der Waals surface area contributed by atoms with Crippen LogP contribution in [0.2, 0.25) is 0 Å². The topological polar surface area (TPSA) is 46.6 Å². The lowest BCUT2D eigenvalue weighted by Crippen LogP contribution is -2.44. The maximum absolute atomic E-state index is 13.5. The molecule has 0 unspecified atom stereocenters. The molecule has 0 aromatic carbocycles. The normalized spacial score (nSPS) is 22.7. The fourth-order valence-corrected chi connectivity index (χ4v) is 1.97. The van der Waals surface area contributed by atoms with Gasteiger partial charge >= 0.3 is 6.09 Å². The van der Waals surface area contributed by atoms with Crippen molar-refractivity contribution in [2.45, 2.75) is 58.6 Å². The van der Waals surface area contributed by atoms with E-state index in [1.54, 1.807) is 34.6 Å². The van der Waals surface area contributed by atoms with Crippen molar-refractivity contribution in [3.8, 4) is 0 Å². The Morgan fingerprint density at radius 2 is 1.84 bits per heavy atom. The van der Waals surface area contributed by atoms with E-state index in [0.717, 1.165) is 4.90 Å². The van der Waals surface area contributed by atoms with Crippen molar-refractivity contribution in [3.05, 3.63) is 0 Å². The SMILES string of the molecule is CC(C)C(=O)[C@@H]1CC(F)(F)CN1C(=O)OC(C)(C)C. The summed E-state index contributed by atoms with van der Waals surface area (Å²) in [4.78, 5) is 24.7. The molecule has 1 heterocycles. The molecule has 0 aromatic heterocycles. The Bertz CT molecular complexity index is 375. The van der Waals surface area contributed by atoms with E-state index in [4.69, 9.17) is 4.74 Å². The molecule has 0 spiro atoms.